The Balaban J connectivity index is 1.52. The zero-order chi connectivity index (χ0) is 19.6. The Labute approximate surface area is 165 Å². The molecule has 0 bridgehead atoms. The van der Waals surface area contributed by atoms with Crippen LogP contribution in [0.1, 0.15) is 5.89 Å². The Bertz CT molecular complexity index is 1190. The molecule has 0 aliphatic heterocycles. The molecule has 0 aliphatic rings. The van der Waals surface area contributed by atoms with Gasteiger partial charge in [-0.15, -0.1) is 10.2 Å². The van der Waals surface area contributed by atoms with E-state index < -0.39 is 10.0 Å². The summed E-state index contributed by atoms with van der Waals surface area (Å²) in [6.07, 6.45) is 1.66. The molecule has 4 aromatic rings. The van der Waals surface area contributed by atoms with Crippen molar-refractivity contribution in [2.75, 3.05) is 0 Å². The first-order chi connectivity index (χ1) is 13.5. The lowest BCUT2D eigenvalue weighted by Gasteiger charge is -2.04. The normalized spacial score (nSPS) is 11.6. The largest absolute Gasteiger partial charge is 0.418 e. The Morgan fingerprint density at radius 1 is 1.04 bits per heavy atom. The van der Waals surface area contributed by atoms with Crippen LogP contribution in [0.15, 0.2) is 70.1 Å². The predicted octanol–water partition coefficient (Wildman–Crippen LogP) is 3.26. The molecule has 0 amide bonds. The second-order valence-electron chi connectivity index (χ2n) is 5.80. The minimum Gasteiger partial charge on any atom is -0.418 e. The number of halogens is 1. The zero-order valence-corrected chi connectivity index (χ0v) is 15.9. The Hall–Kier alpha value is -3.01. The Morgan fingerprint density at radius 2 is 1.79 bits per heavy atom. The van der Waals surface area contributed by atoms with E-state index in [0.29, 0.717) is 10.7 Å². The molecule has 10 heteroatoms. The summed E-state index contributed by atoms with van der Waals surface area (Å²) < 4.78 is 32.7. The first kappa shape index (κ1) is 18.4. The van der Waals surface area contributed by atoms with Gasteiger partial charge in [-0.1, -0.05) is 41.9 Å². The smallest absolute Gasteiger partial charge is 0.266 e. The van der Waals surface area contributed by atoms with Gasteiger partial charge < -0.3 is 4.42 Å². The fraction of sp³-hybridized carbons (Fsp3) is 0.0556. The maximum atomic E-state index is 12.3. The number of H-pyrrole nitrogens is 1. The summed E-state index contributed by atoms with van der Waals surface area (Å²) in [6, 6.07) is 15.5. The van der Waals surface area contributed by atoms with E-state index in [1.165, 1.54) is 24.3 Å². The van der Waals surface area contributed by atoms with Gasteiger partial charge in [-0.25, -0.2) is 13.1 Å². The summed E-state index contributed by atoms with van der Waals surface area (Å²) in [5, 5.41) is 15.2. The number of rotatable bonds is 6. The number of aromatic amines is 1. The molecule has 4 rings (SSSR count). The van der Waals surface area contributed by atoms with Crippen molar-refractivity contribution in [2.24, 2.45) is 0 Å². The fourth-order valence-electron chi connectivity index (χ4n) is 2.57. The van der Waals surface area contributed by atoms with Gasteiger partial charge in [0.05, 0.1) is 17.6 Å². The number of benzene rings is 2. The first-order valence-electron chi connectivity index (χ1n) is 8.20. The topological polar surface area (TPSA) is 114 Å². The Kier molecular flexibility index (Phi) is 4.95. The fourth-order valence-corrected chi connectivity index (χ4v) is 3.67. The van der Waals surface area contributed by atoms with Crippen molar-refractivity contribution in [3.05, 3.63) is 71.7 Å². The molecule has 0 saturated heterocycles. The molecule has 0 fully saturated rings. The third kappa shape index (κ3) is 3.81. The lowest BCUT2D eigenvalue weighted by atomic mass is 10.1. The van der Waals surface area contributed by atoms with E-state index in [9.17, 15) is 8.42 Å². The molecule has 0 saturated carbocycles. The van der Waals surface area contributed by atoms with Gasteiger partial charge in [-0.2, -0.15) is 5.10 Å². The number of hydrogen-bond acceptors (Lipinski definition) is 6. The maximum absolute atomic E-state index is 12.3. The second kappa shape index (κ2) is 7.55. The summed E-state index contributed by atoms with van der Waals surface area (Å²) in [5.74, 6) is 0.346. The molecule has 2 aromatic carbocycles. The highest BCUT2D eigenvalue weighted by Crippen LogP contribution is 2.29. The van der Waals surface area contributed by atoms with Gasteiger partial charge in [-0.3, -0.25) is 5.10 Å². The van der Waals surface area contributed by atoms with Crippen LogP contribution in [0.25, 0.3) is 22.7 Å². The zero-order valence-electron chi connectivity index (χ0n) is 14.3. The number of sulfonamides is 1. The molecule has 2 heterocycles. The lowest BCUT2D eigenvalue weighted by Crippen LogP contribution is -2.23. The van der Waals surface area contributed by atoms with Crippen molar-refractivity contribution in [3.63, 3.8) is 0 Å². The van der Waals surface area contributed by atoms with Gasteiger partial charge in [0.1, 0.15) is 5.69 Å². The second-order valence-corrected chi connectivity index (χ2v) is 8.01. The van der Waals surface area contributed by atoms with Crippen LogP contribution in [0.5, 0.6) is 0 Å². The van der Waals surface area contributed by atoms with Crippen molar-refractivity contribution in [3.8, 4) is 22.7 Å². The minimum absolute atomic E-state index is 0.0940. The highest BCUT2D eigenvalue weighted by Gasteiger charge is 2.18. The summed E-state index contributed by atoms with van der Waals surface area (Å²) >= 11 is 5.79. The average molecular weight is 416 g/mol. The van der Waals surface area contributed by atoms with E-state index in [1.807, 2.05) is 30.3 Å². The average Bonchev–Trinajstić information content (AvgIpc) is 3.37. The van der Waals surface area contributed by atoms with Crippen LogP contribution in [0.4, 0.5) is 0 Å². The molecule has 0 unspecified atom stereocenters. The lowest BCUT2D eigenvalue weighted by molar-refractivity contribution is 0.493. The third-order valence-electron chi connectivity index (χ3n) is 3.94. The number of aromatic nitrogens is 4. The molecule has 28 heavy (non-hydrogen) atoms. The highest BCUT2D eigenvalue weighted by atomic mass is 35.5. The molecule has 0 aliphatic carbocycles. The summed E-state index contributed by atoms with van der Waals surface area (Å²) in [4.78, 5) is 0.0940. The highest BCUT2D eigenvalue weighted by molar-refractivity contribution is 7.89. The molecular formula is C18H14ClN5O3S. The summed E-state index contributed by atoms with van der Waals surface area (Å²) in [5.41, 5.74) is 2.30. The SMILES string of the molecule is O=S(=O)(NCc1nnc(-c2[nH]ncc2-c2ccccc2)o1)c1ccc(Cl)cc1. The van der Waals surface area contributed by atoms with Crippen LogP contribution >= 0.6 is 11.6 Å². The van der Waals surface area contributed by atoms with Gasteiger partial charge in [0.2, 0.25) is 15.9 Å². The third-order valence-corrected chi connectivity index (χ3v) is 5.61. The van der Waals surface area contributed by atoms with Crippen molar-refractivity contribution < 1.29 is 12.8 Å². The van der Waals surface area contributed by atoms with Crippen LogP contribution < -0.4 is 4.72 Å². The molecule has 2 N–H and O–H groups in total. The van der Waals surface area contributed by atoms with Crippen molar-refractivity contribution in [1.82, 2.24) is 25.1 Å². The number of hydrogen-bond donors (Lipinski definition) is 2. The van der Waals surface area contributed by atoms with Crippen LogP contribution in [0, 0.1) is 0 Å². The minimum atomic E-state index is -3.73. The van der Waals surface area contributed by atoms with Gasteiger partial charge in [0, 0.05) is 10.6 Å². The summed E-state index contributed by atoms with van der Waals surface area (Å²) in [6.45, 7) is -0.146. The van der Waals surface area contributed by atoms with Gasteiger partial charge >= 0.3 is 0 Å². The molecule has 0 spiro atoms. The maximum Gasteiger partial charge on any atom is 0.266 e. The van der Waals surface area contributed by atoms with Crippen molar-refractivity contribution in [1.29, 1.82) is 0 Å². The summed E-state index contributed by atoms with van der Waals surface area (Å²) in [7, 11) is -3.73. The molecule has 8 nitrogen and oxygen atoms in total. The van der Waals surface area contributed by atoms with Crippen LogP contribution in [0.3, 0.4) is 0 Å². The van der Waals surface area contributed by atoms with Crippen LogP contribution in [0.2, 0.25) is 5.02 Å². The van der Waals surface area contributed by atoms with E-state index >= 15 is 0 Å². The molecule has 0 atom stereocenters. The van der Waals surface area contributed by atoms with Crippen LogP contribution in [-0.4, -0.2) is 28.8 Å². The number of nitrogens with one attached hydrogen (secondary N) is 2. The van der Waals surface area contributed by atoms with E-state index in [-0.39, 0.29) is 23.2 Å². The number of nitrogens with zero attached hydrogens (tertiary/aromatic N) is 3. The first-order valence-corrected chi connectivity index (χ1v) is 10.1. The monoisotopic (exact) mass is 415 g/mol. The molecular weight excluding hydrogens is 402 g/mol. The van der Waals surface area contributed by atoms with Gasteiger partial charge in [0.15, 0.2) is 0 Å². The standard InChI is InChI=1S/C18H14ClN5O3S/c19-13-6-8-14(9-7-13)28(25,26)21-11-16-22-24-18(27-16)17-15(10-20-23-17)12-4-2-1-3-5-12/h1-10,21H,11H2,(H,20,23). The van der Waals surface area contributed by atoms with E-state index in [1.54, 1.807) is 6.20 Å². The van der Waals surface area contributed by atoms with Gasteiger partial charge in [-0.05, 0) is 29.8 Å². The molecule has 0 radical (unpaired) electrons. The molecule has 2 aromatic heterocycles. The van der Waals surface area contributed by atoms with E-state index in [0.717, 1.165) is 11.1 Å². The van der Waals surface area contributed by atoms with Crippen molar-refractivity contribution >= 4 is 21.6 Å². The van der Waals surface area contributed by atoms with Crippen LogP contribution in [-0.2, 0) is 16.6 Å². The van der Waals surface area contributed by atoms with Gasteiger partial charge in [0.25, 0.3) is 5.89 Å². The Morgan fingerprint density at radius 3 is 2.54 bits per heavy atom. The van der Waals surface area contributed by atoms with Crippen molar-refractivity contribution in [2.45, 2.75) is 11.4 Å². The predicted molar refractivity (Wildman–Crippen MR) is 103 cm³/mol. The van der Waals surface area contributed by atoms with E-state index in [2.05, 4.69) is 25.1 Å². The van der Waals surface area contributed by atoms with E-state index in [4.69, 9.17) is 16.0 Å². The quantitative estimate of drug-likeness (QED) is 0.499. The molecule has 142 valence electrons.